The van der Waals surface area contributed by atoms with Gasteiger partial charge in [0.2, 0.25) is 5.88 Å². The molecule has 0 radical (unpaired) electrons. The van der Waals surface area contributed by atoms with Crippen molar-refractivity contribution in [2.24, 2.45) is 0 Å². The Morgan fingerprint density at radius 2 is 1.90 bits per heavy atom. The lowest BCUT2D eigenvalue weighted by atomic mass is 9.92. The molecule has 0 saturated carbocycles. The van der Waals surface area contributed by atoms with Crippen LogP contribution in [0.4, 0.5) is 5.88 Å². The molecule has 0 aliphatic rings. The third kappa shape index (κ3) is 3.66. The van der Waals surface area contributed by atoms with E-state index < -0.39 is 10.0 Å². The number of aromatic nitrogens is 2. The number of halogens is 2. The molecule has 0 amide bonds. The minimum atomic E-state index is -3.87. The summed E-state index contributed by atoms with van der Waals surface area (Å²) in [6.07, 6.45) is 1.11. The Bertz CT molecular complexity index is 766. The lowest BCUT2D eigenvalue weighted by Gasteiger charge is -2.12. The number of hydrogen-bond acceptors (Lipinski definition) is 5. The van der Waals surface area contributed by atoms with Crippen LogP contribution in [0, 0.1) is 0 Å². The van der Waals surface area contributed by atoms with Crippen molar-refractivity contribution in [3.05, 3.63) is 34.2 Å². The number of nitrogens with one attached hydrogen (secondary N) is 1. The summed E-state index contributed by atoms with van der Waals surface area (Å²) in [5.41, 5.74) is 0.380. The van der Waals surface area contributed by atoms with E-state index >= 15 is 0 Å². The van der Waals surface area contributed by atoms with Crippen molar-refractivity contribution in [3.63, 3.8) is 0 Å². The Balaban J connectivity index is 2.29. The predicted molar refractivity (Wildman–Crippen MR) is 80.3 cm³/mol. The van der Waals surface area contributed by atoms with E-state index in [0.29, 0.717) is 5.69 Å². The normalized spacial score (nSPS) is 12.4. The van der Waals surface area contributed by atoms with Crippen molar-refractivity contribution in [1.29, 1.82) is 0 Å². The lowest BCUT2D eigenvalue weighted by molar-refractivity contribution is 0.405. The standard InChI is InChI=1S/C12H13Cl2N3O3S/c1-12(2,3)9-5-10(20-16-9)17-21(18,19)7-4-8(13)11(14)15-6-7/h4-6,17H,1-3H3. The van der Waals surface area contributed by atoms with Gasteiger partial charge in [0, 0.05) is 17.7 Å². The quantitative estimate of drug-likeness (QED) is 0.857. The van der Waals surface area contributed by atoms with Gasteiger partial charge < -0.3 is 4.52 Å². The maximum absolute atomic E-state index is 12.2. The van der Waals surface area contributed by atoms with Gasteiger partial charge in [-0.1, -0.05) is 49.1 Å². The molecule has 2 aromatic rings. The second kappa shape index (κ2) is 5.47. The van der Waals surface area contributed by atoms with Crippen LogP contribution in [-0.2, 0) is 15.4 Å². The summed E-state index contributed by atoms with van der Waals surface area (Å²) in [7, 11) is -3.87. The van der Waals surface area contributed by atoms with Crippen LogP contribution in [0.5, 0.6) is 0 Å². The maximum Gasteiger partial charge on any atom is 0.265 e. The molecule has 0 bridgehead atoms. The molecule has 2 aromatic heterocycles. The molecule has 1 N–H and O–H groups in total. The molecular weight excluding hydrogens is 337 g/mol. The highest BCUT2D eigenvalue weighted by atomic mass is 35.5. The van der Waals surface area contributed by atoms with Crippen molar-refractivity contribution in [3.8, 4) is 0 Å². The zero-order chi connectivity index (χ0) is 15.8. The maximum atomic E-state index is 12.2. The third-order valence-electron chi connectivity index (χ3n) is 2.60. The van der Waals surface area contributed by atoms with E-state index in [1.54, 1.807) is 0 Å². The van der Waals surface area contributed by atoms with Crippen molar-refractivity contribution >= 4 is 39.1 Å². The molecule has 114 valence electrons. The van der Waals surface area contributed by atoms with E-state index in [1.807, 2.05) is 20.8 Å². The van der Waals surface area contributed by atoms with Crippen molar-refractivity contribution in [2.75, 3.05) is 4.72 Å². The van der Waals surface area contributed by atoms with Gasteiger partial charge >= 0.3 is 0 Å². The summed E-state index contributed by atoms with van der Waals surface area (Å²) in [6.45, 7) is 5.81. The van der Waals surface area contributed by atoms with Crippen LogP contribution in [0.15, 0.2) is 27.7 Å². The number of hydrogen-bond donors (Lipinski definition) is 1. The molecule has 2 rings (SSSR count). The number of sulfonamides is 1. The fraction of sp³-hybridized carbons (Fsp3) is 0.333. The lowest BCUT2D eigenvalue weighted by Crippen LogP contribution is -2.13. The van der Waals surface area contributed by atoms with Gasteiger partial charge in [-0.15, -0.1) is 0 Å². The number of rotatable bonds is 3. The fourth-order valence-electron chi connectivity index (χ4n) is 1.42. The van der Waals surface area contributed by atoms with Crippen molar-refractivity contribution in [1.82, 2.24) is 10.1 Å². The molecule has 0 fully saturated rings. The monoisotopic (exact) mass is 349 g/mol. The van der Waals surface area contributed by atoms with Crippen molar-refractivity contribution < 1.29 is 12.9 Å². The summed E-state index contributed by atoms with van der Waals surface area (Å²) < 4.78 is 31.6. The highest BCUT2D eigenvalue weighted by Crippen LogP contribution is 2.26. The molecule has 0 aliphatic carbocycles. The average molecular weight is 350 g/mol. The summed E-state index contributed by atoms with van der Waals surface area (Å²) >= 11 is 11.4. The van der Waals surface area contributed by atoms with Gasteiger partial charge in [-0.2, -0.15) is 0 Å². The first-order chi connectivity index (χ1) is 9.59. The summed E-state index contributed by atoms with van der Waals surface area (Å²) in [5.74, 6) is 0.0194. The summed E-state index contributed by atoms with van der Waals surface area (Å²) in [6, 6.07) is 2.74. The first-order valence-corrected chi connectivity index (χ1v) is 8.14. The molecule has 0 aliphatic heterocycles. The molecule has 9 heteroatoms. The molecule has 0 aromatic carbocycles. The van der Waals surface area contributed by atoms with Crippen LogP contribution in [0.2, 0.25) is 10.2 Å². The second-order valence-electron chi connectivity index (χ2n) is 5.38. The minimum absolute atomic E-state index is 0.0194. The Morgan fingerprint density at radius 3 is 2.43 bits per heavy atom. The van der Waals surface area contributed by atoms with Gasteiger partial charge in [0.15, 0.2) is 0 Å². The first-order valence-electron chi connectivity index (χ1n) is 5.91. The molecule has 21 heavy (non-hydrogen) atoms. The molecule has 0 unspecified atom stereocenters. The van der Waals surface area contributed by atoms with Gasteiger partial charge in [-0.25, -0.2) is 18.1 Å². The first kappa shape index (κ1) is 16.1. The van der Waals surface area contributed by atoms with E-state index in [-0.39, 0.29) is 26.4 Å². The average Bonchev–Trinajstić information content (AvgIpc) is 2.80. The largest absolute Gasteiger partial charge is 0.338 e. The van der Waals surface area contributed by atoms with Crippen LogP contribution >= 0.6 is 23.2 Å². The molecule has 2 heterocycles. The van der Waals surface area contributed by atoms with Gasteiger partial charge in [-0.3, -0.25) is 0 Å². The van der Waals surface area contributed by atoms with Crippen LogP contribution in [0.25, 0.3) is 0 Å². The van der Waals surface area contributed by atoms with Crippen LogP contribution in [0.1, 0.15) is 26.5 Å². The zero-order valence-electron chi connectivity index (χ0n) is 11.5. The van der Waals surface area contributed by atoms with E-state index in [2.05, 4.69) is 14.9 Å². The number of nitrogens with zero attached hydrogens (tertiary/aromatic N) is 2. The predicted octanol–water partition coefficient (Wildman–Crippen LogP) is 3.47. The Hall–Kier alpha value is -1.31. The molecule has 0 atom stereocenters. The highest BCUT2D eigenvalue weighted by molar-refractivity contribution is 7.92. The topological polar surface area (TPSA) is 85.1 Å². The van der Waals surface area contributed by atoms with E-state index in [9.17, 15) is 8.42 Å². The molecule has 6 nitrogen and oxygen atoms in total. The summed E-state index contributed by atoms with van der Waals surface area (Å²) in [5, 5.41) is 3.91. The van der Waals surface area contributed by atoms with Crippen LogP contribution in [0.3, 0.4) is 0 Å². The number of pyridine rings is 1. The fourth-order valence-corrected chi connectivity index (χ4v) is 2.70. The Kier molecular flexibility index (Phi) is 4.19. The smallest absolute Gasteiger partial charge is 0.265 e. The number of anilines is 1. The van der Waals surface area contributed by atoms with Crippen LogP contribution < -0.4 is 4.72 Å². The van der Waals surface area contributed by atoms with Crippen LogP contribution in [-0.4, -0.2) is 18.6 Å². The SMILES string of the molecule is CC(C)(C)c1cc(NS(=O)(=O)c2cnc(Cl)c(Cl)c2)on1. The van der Waals surface area contributed by atoms with Gasteiger partial charge in [0.05, 0.1) is 10.7 Å². The Labute approximate surface area is 132 Å². The van der Waals surface area contributed by atoms with Gasteiger partial charge in [0.25, 0.3) is 10.0 Å². The molecular formula is C12H13Cl2N3O3S. The Morgan fingerprint density at radius 1 is 1.24 bits per heavy atom. The van der Waals surface area contributed by atoms with Crippen molar-refractivity contribution in [2.45, 2.75) is 31.1 Å². The highest BCUT2D eigenvalue weighted by Gasteiger charge is 2.22. The van der Waals surface area contributed by atoms with Gasteiger partial charge in [-0.05, 0) is 6.07 Å². The van der Waals surface area contributed by atoms with E-state index in [4.69, 9.17) is 27.7 Å². The molecule has 0 spiro atoms. The second-order valence-corrected chi connectivity index (χ2v) is 7.82. The summed E-state index contributed by atoms with van der Waals surface area (Å²) in [4.78, 5) is 3.58. The van der Waals surface area contributed by atoms with E-state index in [0.717, 1.165) is 6.20 Å². The zero-order valence-corrected chi connectivity index (χ0v) is 13.8. The van der Waals surface area contributed by atoms with Gasteiger partial charge in [0.1, 0.15) is 10.0 Å². The minimum Gasteiger partial charge on any atom is -0.338 e. The van der Waals surface area contributed by atoms with E-state index in [1.165, 1.54) is 12.1 Å². The third-order valence-corrected chi connectivity index (χ3v) is 4.59. The molecule has 0 saturated heterocycles.